The van der Waals surface area contributed by atoms with Crippen LogP contribution in [0.2, 0.25) is 0 Å². The molecule has 0 radical (unpaired) electrons. The van der Waals surface area contributed by atoms with Crippen molar-refractivity contribution in [2.24, 2.45) is 0 Å². The number of rotatable bonds is 7. The van der Waals surface area contributed by atoms with Crippen molar-refractivity contribution in [1.82, 2.24) is 9.88 Å². The minimum Gasteiger partial charge on any atom is -0.426 e. The van der Waals surface area contributed by atoms with E-state index in [2.05, 4.69) is 50.0 Å². The second kappa shape index (κ2) is 8.15. The fourth-order valence-corrected chi connectivity index (χ4v) is 2.61. The molecular weight excluding hydrogens is 300 g/mol. The molecule has 1 aromatic carbocycles. The topological polar surface area (TPSA) is 45.3 Å². The van der Waals surface area contributed by atoms with Crippen molar-refractivity contribution < 1.29 is 9.53 Å². The van der Waals surface area contributed by atoms with E-state index in [4.69, 9.17) is 4.74 Å². The van der Waals surface area contributed by atoms with Crippen LogP contribution in [0, 0.1) is 0 Å². The van der Waals surface area contributed by atoms with Gasteiger partial charge in [-0.05, 0) is 64.0 Å². The molecule has 0 spiro atoms. The summed E-state index contributed by atoms with van der Waals surface area (Å²) in [5.41, 5.74) is 4.64. The number of H-pyrrole nitrogens is 1. The molecule has 0 aliphatic heterocycles. The lowest BCUT2D eigenvalue weighted by Gasteiger charge is -2.11. The molecule has 0 saturated heterocycles. The molecule has 1 aromatic heterocycles. The smallest absolute Gasteiger partial charge is 0.310 e. The lowest BCUT2D eigenvalue weighted by Crippen LogP contribution is -2.15. The van der Waals surface area contributed by atoms with E-state index in [1.807, 2.05) is 19.2 Å². The van der Waals surface area contributed by atoms with E-state index < -0.39 is 0 Å². The molecule has 0 atom stereocenters. The zero-order valence-electron chi connectivity index (χ0n) is 15.4. The average molecular weight is 328 g/mol. The largest absolute Gasteiger partial charge is 0.426 e. The van der Waals surface area contributed by atoms with Crippen LogP contribution in [0.3, 0.4) is 0 Å². The van der Waals surface area contributed by atoms with Gasteiger partial charge in [0.2, 0.25) is 0 Å². The van der Waals surface area contributed by atoms with Crippen molar-refractivity contribution in [3.8, 4) is 5.75 Å². The normalized spacial score (nSPS) is 11.1. The Labute approximate surface area is 144 Å². The van der Waals surface area contributed by atoms with Crippen LogP contribution >= 0.6 is 0 Å². The van der Waals surface area contributed by atoms with E-state index in [9.17, 15) is 4.79 Å². The summed E-state index contributed by atoms with van der Waals surface area (Å²) in [6.45, 7) is 6.94. The van der Waals surface area contributed by atoms with E-state index in [1.54, 1.807) is 0 Å². The molecule has 4 nitrogen and oxygen atoms in total. The summed E-state index contributed by atoms with van der Waals surface area (Å²) < 4.78 is 5.64. The average Bonchev–Trinajstić information content (AvgIpc) is 2.94. The molecule has 130 valence electrons. The second-order valence-corrected chi connectivity index (χ2v) is 6.70. The first-order valence-corrected chi connectivity index (χ1v) is 8.52. The summed E-state index contributed by atoms with van der Waals surface area (Å²) in [5, 5.41) is 1.03. The number of carbonyl (C=O) groups is 1. The second-order valence-electron chi connectivity index (χ2n) is 6.70. The number of ether oxygens (including phenoxy) is 1. The fraction of sp³-hybridized carbons (Fsp3) is 0.450. The monoisotopic (exact) mass is 328 g/mol. The Morgan fingerprint density at radius 3 is 2.67 bits per heavy atom. The Hall–Kier alpha value is -2.07. The van der Waals surface area contributed by atoms with Crippen LogP contribution in [0.15, 0.2) is 30.0 Å². The SMILES string of the molecule is CCC(=O)Oc1cc(CC=C(C)C)cc2[nH]cc(CCN(C)C)c12. The van der Waals surface area contributed by atoms with Crippen LogP contribution in [0.1, 0.15) is 38.3 Å². The van der Waals surface area contributed by atoms with Crippen LogP contribution in [0.25, 0.3) is 10.9 Å². The number of aromatic nitrogens is 1. The summed E-state index contributed by atoms with van der Waals surface area (Å²) in [6, 6.07) is 4.15. The summed E-state index contributed by atoms with van der Waals surface area (Å²) >= 11 is 0. The van der Waals surface area contributed by atoms with Crippen LogP contribution < -0.4 is 4.74 Å². The van der Waals surface area contributed by atoms with Gasteiger partial charge in [0, 0.05) is 30.1 Å². The number of nitrogens with zero attached hydrogens (tertiary/aromatic N) is 1. The highest BCUT2D eigenvalue weighted by atomic mass is 16.5. The molecule has 0 aliphatic carbocycles. The summed E-state index contributed by atoms with van der Waals surface area (Å²) in [7, 11) is 4.12. The number of aromatic amines is 1. The Balaban J connectivity index is 2.44. The number of hydrogen-bond acceptors (Lipinski definition) is 3. The number of allylic oxidation sites excluding steroid dienone is 2. The summed E-state index contributed by atoms with van der Waals surface area (Å²) in [6.07, 6.45) is 6.33. The van der Waals surface area contributed by atoms with E-state index in [1.165, 1.54) is 11.1 Å². The first-order valence-electron chi connectivity index (χ1n) is 8.52. The fourth-order valence-electron chi connectivity index (χ4n) is 2.61. The van der Waals surface area contributed by atoms with Gasteiger partial charge >= 0.3 is 5.97 Å². The van der Waals surface area contributed by atoms with Crippen molar-refractivity contribution in [2.45, 2.75) is 40.0 Å². The van der Waals surface area contributed by atoms with E-state index in [0.29, 0.717) is 12.2 Å². The van der Waals surface area contributed by atoms with Gasteiger partial charge < -0.3 is 14.6 Å². The summed E-state index contributed by atoms with van der Waals surface area (Å²) in [4.78, 5) is 17.3. The molecule has 1 heterocycles. The summed E-state index contributed by atoms with van der Waals surface area (Å²) in [5.74, 6) is 0.474. The maximum atomic E-state index is 11.8. The number of nitrogens with one attached hydrogen (secondary N) is 1. The van der Waals surface area contributed by atoms with Crippen molar-refractivity contribution >= 4 is 16.9 Å². The van der Waals surface area contributed by atoms with Crippen LogP contribution in [-0.4, -0.2) is 36.5 Å². The highest BCUT2D eigenvalue weighted by Crippen LogP contribution is 2.32. The van der Waals surface area contributed by atoms with E-state index in [0.717, 1.165) is 35.9 Å². The van der Waals surface area contributed by atoms with Crippen molar-refractivity contribution in [3.63, 3.8) is 0 Å². The van der Waals surface area contributed by atoms with Crippen molar-refractivity contribution in [2.75, 3.05) is 20.6 Å². The van der Waals surface area contributed by atoms with Crippen molar-refractivity contribution in [1.29, 1.82) is 0 Å². The number of benzene rings is 1. The van der Waals surface area contributed by atoms with Gasteiger partial charge in [-0.1, -0.05) is 18.6 Å². The number of carbonyl (C=O) groups excluding carboxylic acids is 1. The Kier molecular flexibility index (Phi) is 6.21. The first kappa shape index (κ1) is 18.3. The zero-order chi connectivity index (χ0) is 17.7. The Morgan fingerprint density at radius 2 is 2.04 bits per heavy atom. The van der Waals surface area contributed by atoms with E-state index in [-0.39, 0.29) is 5.97 Å². The lowest BCUT2D eigenvalue weighted by atomic mass is 10.0. The molecule has 1 N–H and O–H groups in total. The number of fused-ring (bicyclic) bond motifs is 1. The standard InChI is InChI=1S/C20H28N2O2/c1-6-19(23)24-18-12-15(8-7-14(2)3)11-17-20(18)16(13-21-17)9-10-22(4)5/h7,11-13,21H,6,8-10H2,1-5H3. The zero-order valence-corrected chi connectivity index (χ0v) is 15.4. The van der Waals surface area contributed by atoms with Gasteiger partial charge in [-0.25, -0.2) is 0 Å². The van der Waals surface area contributed by atoms with Crippen LogP contribution in [0.5, 0.6) is 5.75 Å². The van der Waals surface area contributed by atoms with Crippen molar-refractivity contribution in [3.05, 3.63) is 41.1 Å². The molecule has 0 unspecified atom stereocenters. The molecule has 0 fully saturated rings. The van der Waals surface area contributed by atoms with Gasteiger partial charge in [0.25, 0.3) is 0 Å². The minimum absolute atomic E-state index is 0.199. The third kappa shape index (κ3) is 4.71. The minimum atomic E-state index is -0.199. The predicted octanol–water partition coefficient (Wildman–Crippen LogP) is 4.10. The van der Waals surface area contributed by atoms with Gasteiger partial charge in [-0.2, -0.15) is 0 Å². The molecule has 4 heteroatoms. The third-order valence-corrected chi connectivity index (χ3v) is 3.97. The molecule has 0 aliphatic rings. The molecule has 2 rings (SSSR count). The van der Waals surface area contributed by atoms with Gasteiger partial charge in [0.1, 0.15) is 5.75 Å². The molecule has 0 bridgehead atoms. The quantitative estimate of drug-likeness (QED) is 0.473. The number of hydrogen-bond donors (Lipinski definition) is 1. The lowest BCUT2D eigenvalue weighted by molar-refractivity contribution is -0.133. The highest BCUT2D eigenvalue weighted by molar-refractivity contribution is 5.92. The van der Waals surface area contributed by atoms with E-state index >= 15 is 0 Å². The molecular formula is C20H28N2O2. The Bertz CT molecular complexity index is 737. The maximum absolute atomic E-state index is 11.8. The van der Waals surface area contributed by atoms with Crippen LogP contribution in [0.4, 0.5) is 0 Å². The van der Waals surface area contributed by atoms with Gasteiger partial charge in [0.05, 0.1) is 0 Å². The Morgan fingerprint density at radius 1 is 1.29 bits per heavy atom. The predicted molar refractivity (Wildman–Crippen MR) is 99.6 cm³/mol. The first-order chi connectivity index (χ1) is 11.4. The molecule has 0 saturated carbocycles. The molecule has 2 aromatic rings. The molecule has 0 amide bonds. The van der Waals surface area contributed by atoms with Crippen LogP contribution in [-0.2, 0) is 17.6 Å². The van der Waals surface area contributed by atoms with Gasteiger partial charge in [0.15, 0.2) is 0 Å². The highest BCUT2D eigenvalue weighted by Gasteiger charge is 2.14. The van der Waals surface area contributed by atoms with Gasteiger partial charge in [-0.3, -0.25) is 4.79 Å². The van der Waals surface area contributed by atoms with Gasteiger partial charge in [-0.15, -0.1) is 0 Å². The third-order valence-electron chi connectivity index (χ3n) is 3.97. The molecule has 24 heavy (non-hydrogen) atoms. The maximum Gasteiger partial charge on any atom is 0.310 e. The number of likely N-dealkylation sites (N-methyl/N-ethyl adjacent to an activating group) is 1. The number of esters is 1.